The maximum atomic E-state index is 12.9. The Kier molecular flexibility index (Phi) is 6.52. The molecule has 0 aliphatic rings. The molecule has 3 rings (SSSR count). The maximum absolute atomic E-state index is 12.9. The summed E-state index contributed by atoms with van der Waals surface area (Å²) in [6.07, 6.45) is 1.81. The zero-order chi connectivity index (χ0) is 19.1. The number of hydrogen-bond donors (Lipinski definition) is 1. The Bertz CT molecular complexity index is 923. The summed E-state index contributed by atoms with van der Waals surface area (Å²) in [7, 11) is 0. The number of fused-ring (bicyclic) bond motifs is 1. The van der Waals surface area contributed by atoms with Gasteiger partial charge in [-0.05, 0) is 42.2 Å². The Hall–Kier alpha value is -2.76. The van der Waals surface area contributed by atoms with Gasteiger partial charge in [0.25, 0.3) is 5.91 Å². The molecule has 0 heterocycles. The fraction of sp³-hybridized carbons (Fsp3) is 0.182. The number of benzene rings is 3. The van der Waals surface area contributed by atoms with E-state index in [1.54, 1.807) is 12.1 Å². The summed E-state index contributed by atoms with van der Waals surface area (Å²) in [5.41, 5.74) is 1.36. The molecule has 0 aliphatic heterocycles. The lowest BCUT2D eigenvalue weighted by molar-refractivity contribution is -0.0706. The molecule has 0 fully saturated rings. The van der Waals surface area contributed by atoms with Gasteiger partial charge in [-0.1, -0.05) is 67.9 Å². The minimum Gasteiger partial charge on any atom is -0.330 e. The van der Waals surface area contributed by atoms with Crippen LogP contribution in [0.1, 0.15) is 30.1 Å². The monoisotopic (exact) mass is 378 g/mol. The van der Waals surface area contributed by atoms with Gasteiger partial charge >= 0.3 is 0 Å². The third-order valence-electron chi connectivity index (χ3n) is 4.14. The van der Waals surface area contributed by atoms with Crippen LogP contribution in [-0.4, -0.2) is 22.7 Å². The van der Waals surface area contributed by atoms with Gasteiger partial charge in [0.15, 0.2) is 0 Å². The highest BCUT2D eigenvalue weighted by atomic mass is 32.1. The van der Waals surface area contributed by atoms with E-state index in [-0.39, 0.29) is 11.0 Å². The Morgan fingerprint density at radius 1 is 1.00 bits per heavy atom. The number of carbonyl (C=O) groups is 1. The van der Waals surface area contributed by atoms with Crippen LogP contribution >= 0.6 is 12.2 Å². The van der Waals surface area contributed by atoms with Crippen molar-refractivity contribution in [2.75, 3.05) is 11.9 Å². The molecule has 4 nitrogen and oxygen atoms in total. The second-order valence-electron chi connectivity index (χ2n) is 6.11. The predicted octanol–water partition coefficient (Wildman–Crippen LogP) is 5.41. The van der Waals surface area contributed by atoms with Gasteiger partial charge in [0.05, 0.1) is 6.61 Å². The fourth-order valence-electron chi connectivity index (χ4n) is 2.71. The van der Waals surface area contributed by atoms with Crippen molar-refractivity contribution >= 4 is 39.7 Å². The Balaban J connectivity index is 1.84. The standard InChI is InChI=1S/C22H22N2O2S/c1-2-3-16-26-24(21(25)18-11-5-4-6-12-18)22(27)23-20-15-9-13-17-10-7-8-14-19(17)20/h4-15H,2-3,16H2,1H3,(H,23,27). The number of thiocarbonyl (C=S) groups is 1. The van der Waals surface area contributed by atoms with Crippen molar-refractivity contribution < 1.29 is 9.63 Å². The molecule has 0 unspecified atom stereocenters. The van der Waals surface area contributed by atoms with Crippen LogP contribution in [0.15, 0.2) is 72.8 Å². The number of amides is 1. The Morgan fingerprint density at radius 2 is 1.70 bits per heavy atom. The maximum Gasteiger partial charge on any atom is 0.284 e. The van der Waals surface area contributed by atoms with Crippen LogP contribution in [0.3, 0.4) is 0 Å². The van der Waals surface area contributed by atoms with E-state index in [0.29, 0.717) is 12.2 Å². The van der Waals surface area contributed by atoms with E-state index in [4.69, 9.17) is 17.1 Å². The summed E-state index contributed by atoms with van der Waals surface area (Å²) >= 11 is 5.52. The van der Waals surface area contributed by atoms with Gasteiger partial charge in [-0.15, -0.1) is 0 Å². The number of rotatable bonds is 6. The first-order valence-corrected chi connectivity index (χ1v) is 9.42. The van der Waals surface area contributed by atoms with E-state index in [9.17, 15) is 4.79 Å². The fourth-order valence-corrected chi connectivity index (χ4v) is 2.95. The predicted molar refractivity (Wildman–Crippen MR) is 114 cm³/mol. The minimum atomic E-state index is -0.288. The highest BCUT2D eigenvalue weighted by Crippen LogP contribution is 2.23. The average Bonchev–Trinajstić information content (AvgIpc) is 2.71. The molecule has 0 atom stereocenters. The summed E-state index contributed by atoms with van der Waals surface area (Å²) in [4.78, 5) is 18.6. The van der Waals surface area contributed by atoms with E-state index < -0.39 is 0 Å². The first-order chi connectivity index (χ1) is 13.2. The molecule has 0 saturated heterocycles. The lowest BCUT2D eigenvalue weighted by Crippen LogP contribution is -2.40. The summed E-state index contributed by atoms with van der Waals surface area (Å²) in [6.45, 7) is 2.49. The number of nitrogens with one attached hydrogen (secondary N) is 1. The van der Waals surface area contributed by atoms with Crippen LogP contribution in [0.2, 0.25) is 0 Å². The van der Waals surface area contributed by atoms with Crippen molar-refractivity contribution in [2.24, 2.45) is 0 Å². The molecule has 5 heteroatoms. The first kappa shape index (κ1) is 19.0. The summed E-state index contributed by atoms with van der Waals surface area (Å²) < 4.78 is 0. The molecule has 3 aromatic carbocycles. The number of unbranched alkanes of at least 4 members (excludes halogenated alkanes) is 1. The van der Waals surface area contributed by atoms with Crippen LogP contribution in [0, 0.1) is 0 Å². The van der Waals surface area contributed by atoms with Crippen molar-refractivity contribution in [2.45, 2.75) is 19.8 Å². The number of carbonyl (C=O) groups excluding carboxylic acids is 1. The molecular weight excluding hydrogens is 356 g/mol. The Morgan fingerprint density at radius 3 is 2.48 bits per heavy atom. The van der Waals surface area contributed by atoms with Gasteiger partial charge in [-0.25, -0.2) is 0 Å². The summed E-state index contributed by atoms with van der Waals surface area (Å²) in [5, 5.41) is 6.70. The smallest absolute Gasteiger partial charge is 0.284 e. The molecule has 0 bridgehead atoms. The van der Waals surface area contributed by atoms with Crippen LogP contribution in [0.4, 0.5) is 5.69 Å². The summed E-state index contributed by atoms with van der Waals surface area (Å²) in [5.74, 6) is -0.288. The average molecular weight is 378 g/mol. The van der Waals surface area contributed by atoms with Crippen molar-refractivity contribution in [1.29, 1.82) is 0 Å². The number of hydrogen-bond acceptors (Lipinski definition) is 3. The Labute approximate surface area is 164 Å². The van der Waals surface area contributed by atoms with Gasteiger partial charge in [-0.2, -0.15) is 5.06 Å². The lowest BCUT2D eigenvalue weighted by Gasteiger charge is -2.23. The van der Waals surface area contributed by atoms with Crippen LogP contribution in [0.25, 0.3) is 10.8 Å². The van der Waals surface area contributed by atoms with Crippen LogP contribution in [-0.2, 0) is 4.84 Å². The first-order valence-electron chi connectivity index (χ1n) is 9.02. The number of hydroxylamine groups is 2. The zero-order valence-electron chi connectivity index (χ0n) is 15.2. The van der Waals surface area contributed by atoms with E-state index in [0.717, 1.165) is 29.3 Å². The molecule has 0 spiro atoms. The van der Waals surface area contributed by atoms with E-state index in [2.05, 4.69) is 12.2 Å². The lowest BCUT2D eigenvalue weighted by atomic mass is 10.1. The molecule has 0 radical (unpaired) electrons. The van der Waals surface area contributed by atoms with Crippen LogP contribution < -0.4 is 5.32 Å². The van der Waals surface area contributed by atoms with Crippen molar-refractivity contribution in [3.05, 3.63) is 78.4 Å². The largest absolute Gasteiger partial charge is 0.330 e. The molecular formula is C22H22N2O2S. The van der Waals surface area contributed by atoms with Gasteiger partial charge < -0.3 is 5.32 Å². The molecule has 138 valence electrons. The quantitative estimate of drug-likeness (QED) is 0.354. The molecule has 0 aliphatic carbocycles. The number of nitrogens with zero attached hydrogens (tertiary/aromatic N) is 1. The van der Waals surface area contributed by atoms with Crippen molar-refractivity contribution in [1.82, 2.24) is 5.06 Å². The second kappa shape index (κ2) is 9.26. The number of anilines is 1. The van der Waals surface area contributed by atoms with Crippen molar-refractivity contribution in [3.63, 3.8) is 0 Å². The highest BCUT2D eigenvalue weighted by Gasteiger charge is 2.21. The van der Waals surface area contributed by atoms with Gasteiger partial charge in [0, 0.05) is 16.6 Å². The van der Waals surface area contributed by atoms with E-state index in [1.807, 2.05) is 60.7 Å². The molecule has 3 aromatic rings. The normalized spacial score (nSPS) is 10.6. The van der Waals surface area contributed by atoms with Gasteiger partial charge in [0.2, 0.25) is 5.11 Å². The summed E-state index contributed by atoms with van der Waals surface area (Å²) in [6, 6.07) is 22.9. The third kappa shape index (κ3) is 4.70. The topological polar surface area (TPSA) is 41.6 Å². The third-order valence-corrected chi connectivity index (χ3v) is 4.41. The van der Waals surface area contributed by atoms with Gasteiger partial charge in [-0.3, -0.25) is 9.63 Å². The van der Waals surface area contributed by atoms with Gasteiger partial charge in [0.1, 0.15) is 0 Å². The second-order valence-corrected chi connectivity index (χ2v) is 6.50. The zero-order valence-corrected chi connectivity index (χ0v) is 16.0. The van der Waals surface area contributed by atoms with E-state index >= 15 is 0 Å². The molecule has 0 aromatic heterocycles. The van der Waals surface area contributed by atoms with E-state index in [1.165, 1.54) is 5.06 Å². The SMILES string of the molecule is CCCCON(C(=O)c1ccccc1)C(=S)Nc1cccc2ccccc12. The molecule has 1 amide bonds. The molecule has 1 N–H and O–H groups in total. The molecule has 27 heavy (non-hydrogen) atoms. The molecule has 0 saturated carbocycles. The van der Waals surface area contributed by atoms with Crippen molar-refractivity contribution in [3.8, 4) is 0 Å². The minimum absolute atomic E-state index is 0.219. The highest BCUT2D eigenvalue weighted by molar-refractivity contribution is 7.80. The van der Waals surface area contributed by atoms with Crippen LogP contribution in [0.5, 0.6) is 0 Å².